The van der Waals surface area contributed by atoms with E-state index in [1.165, 1.54) is 0 Å². The average Bonchev–Trinajstić information content (AvgIpc) is 1.85. The monoisotopic (exact) mass is 147 g/mol. The Kier molecular flexibility index (Phi) is 5.58. The Morgan fingerprint density at radius 1 is 1.30 bits per heavy atom. The topological polar surface area (TPSA) is 43.7 Å². The lowest BCUT2D eigenvalue weighted by Crippen LogP contribution is -2.19. The molecule has 3 nitrogen and oxygen atoms in total. The first-order chi connectivity index (χ1) is 4.66. The normalized spacial score (nSPS) is 14.1. The zero-order chi connectivity index (χ0) is 7.98. The molecule has 0 aromatic heterocycles. The van der Waals surface area contributed by atoms with Gasteiger partial charge < -0.3 is 15.1 Å². The smallest absolute Gasteiger partial charge is 0.0574 e. The van der Waals surface area contributed by atoms with Crippen LogP contribution in [0.3, 0.4) is 0 Å². The van der Waals surface area contributed by atoms with Gasteiger partial charge in [-0.2, -0.15) is 0 Å². The van der Waals surface area contributed by atoms with Crippen molar-refractivity contribution in [3.63, 3.8) is 0 Å². The van der Waals surface area contributed by atoms with Gasteiger partial charge in [0, 0.05) is 6.61 Å². The fourth-order valence-electron chi connectivity index (χ4n) is 0.701. The SMILES string of the molecule is CN(C)CCC(O)CCO. The van der Waals surface area contributed by atoms with Gasteiger partial charge in [-0.15, -0.1) is 0 Å². The molecule has 0 aliphatic rings. The second kappa shape index (κ2) is 5.65. The van der Waals surface area contributed by atoms with Gasteiger partial charge in [0.15, 0.2) is 0 Å². The van der Waals surface area contributed by atoms with Crippen LogP contribution in [0.1, 0.15) is 12.8 Å². The van der Waals surface area contributed by atoms with Gasteiger partial charge in [-0.05, 0) is 33.5 Å². The van der Waals surface area contributed by atoms with Crippen molar-refractivity contribution >= 4 is 0 Å². The maximum absolute atomic E-state index is 9.11. The van der Waals surface area contributed by atoms with E-state index in [0.717, 1.165) is 13.0 Å². The van der Waals surface area contributed by atoms with E-state index in [1.807, 2.05) is 19.0 Å². The van der Waals surface area contributed by atoms with Crippen LogP contribution in [0.4, 0.5) is 0 Å². The van der Waals surface area contributed by atoms with Gasteiger partial charge in [-0.1, -0.05) is 0 Å². The van der Waals surface area contributed by atoms with Crippen molar-refractivity contribution in [2.45, 2.75) is 18.9 Å². The van der Waals surface area contributed by atoms with Crippen LogP contribution in [-0.4, -0.2) is 48.5 Å². The summed E-state index contributed by atoms with van der Waals surface area (Å²) in [5, 5.41) is 17.5. The minimum atomic E-state index is -0.340. The molecule has 1 atom stereocenters. The standard InChI is InChI=1S/C7H17NO2/c1-8(2)5-3-7(10)4-6-9/h7,9-10H,3-6H2,1-2H3. The fraction of sp³-hybridized carbons (Fsp3) is 1.00. The summed E-state index contributed by atoms with van der Waals surface area (Å²) in [6.07, 6.45) is 0.897. The van der Waals surface area contributed by atoms with Crippen molar-refractivity contribution in [2.75, 3.05) is 27.2 Å². The molecule has 0 heterocycles. The van der Waals surface area contributed by atoms with Gasteiger partial charge in [0.1, 0.15) is 0 Å². The molecule has 0 aromatic rings. The molecular weight excluding hydrogens is 130 g/mol. The molecule has 0 amide bonds. The number of hydrogen-bond acceptors (Lipinski definition) is 3. The van der Waals surface area contributed by atoms with Crippen LogP contribution in [0.2, 0.25) is 0 Å². The van der Waals surface area contributed by atoms with E-state index < -0.39 is 0 Å². The van der Waals surface area contributed by atoms with Crippen molar-refractivity contribution in [1.82, 2.24) is 4.90 Å². The van der Waals surface area contributed by atoms with Gasteiger partial charge in [0.05, 0.1) is 6.10 Å². The molecule has 0 aliphatic carbocycles. The van der Waals surface area contributed by atoms with Crippen molar-refractivity contribution in [2.24, 2.45) is 0 Å². The molecule has 3 heteroatoms. The number of nitrogens with zero attached hydrogens (tertiary/aromatic N) is 1. The van der Waals surface area contributed by atoms with Crippen molar-refractivity contribution in [1.29, 1.82) is 0 Å². The number of hydrogen-bond donors (Lipinski definition) is 2. The third kappa shape index (κ3) is 6.01. The lowest BCUT2D eigenvalue weighted by molar-refractivity contribution is 0.117. The molecule has 2 N–H and O–H groups in total. The summed E-state index contributed by atoms with van der Waals surface area (Å²) in [6.45, 7) is 0.954. The van der Waals surface area contributed by atoms with E-state index in [4.69, 9.17) is 10.2 Å². The van der Waals surface area contributed by atoms with Crippen LogP contribution < -0.4 is 0 Å². The third-order valence-corrected chi connectivity index (χ3v) is 1.37. The maximum atomic E-state index is 9.11. The second-order valence-electron chi connectivity index (χ2n) is 2.76. The molecule has 0 saturated heterocycles. The Morgan fingerprint density at radius 3 is 2.30 bits per heavy atom. The molecule has 0 aromatic carbocycles. The van der Waals surface area contributed by atoms with Crippen LogP contribution in [0.25, 0.3) is 0 Å². The van der Waals surface area contributed by atoms with Gasteiger partial charge in [0.25, 0.3) is 0 Å². The summed E-state index contributed by atoms with van der Waals surface area (Å²) in [5.74, 6) is 0. The molecular formula is C7H17NO2. The molecule has 10 heavy (non-hydrogen) atoms. The van der Waals surface area contributed by atoms with E-state index >= 15 is 0 Å². The van der Waals surface area contributed by atoms with Crippen LogP contribution in [-0.2, 0) is 0 Å². The highest BCUT2D eigenvalue weighted by Crippen LogP contribution is 1.96. The maximum Gasteiger partial charge on any atom is 0.0574 e. The minimum Gasteiger partial charge on any atom is -0.396 e. The van der Waals surface area contributed by atoms with E-state index in [2.05, 4.69) is 0 Å². The average molecular weight is 147 g/mol. The predicted molar refractivity (Wildman–Crippen MR) is 40.9 cm³/mol. The van der Waals surface area contributed by atoms with E-state index in [9.17, 15) is 0 Å². The lowest BCUT2D eigenvalue weighted by Gasteiger charge is -2.12. The number of aliphatic hydroxyl groups is 2. The Balaban J connectivity index is 3.12. The molecule has 0 radical (unpaired) electrons. The molecule has 0 saturated carbocycles. The van der Waals surface area contributed by atoms with Gasteiger partial charge >= 0.3 is 0 Å². The first-order valence-electron chi connectivity index (χ1n) is 3.60. The van der Waals surface area contributed by atoms with Crippen LogP contribution >= 0.6 is 0 Å². The second-order valence-corrected chi connectivity index (χ2v) is 2.76. The van der Waals surface area contributed by atoms with Gasteiger partial charge in [0.2, 0.25) is 0 Å². The number of rotatable bonds is 5. The largest absolute Gasteiger partial charge is 0.396 e. The fourth-order valence-corrected chi connectivity index (χ4v) is 0.701. The quantitative estimate of drug-likeness (QED) is 0.560. The highest BCUT2D eigenvalue weighted by Gasteiger charge is 2.02. The van der Waals surface area contributed by atoms with Crippen molar-refractivity contribution in [3.8, 4) is 0 Å². The Labute approximate surface area is 62.3 Å². The summed E-state index contributed by atoms with van der Waals surface area (Å²) in [7, 11) is 3.93. The molecule has 0 fully saturated rings. The van der Waals surface area contributed by atoms with Gasteiger partial charge in [-0.3, -0.25) is 0 Å². The summed E-state index contributed by atoms with van der Waals surface area (Å²) < 4.78 is 0. The first-order valence-corrected chi connectivity index (χ1v) is 3.60. The van der Waals surface area contributed by atoms with Crippen LogP contribution in [0.5, 0.6) is 0 Å². The predicted octanol–water partition coefficient (Wildman–Crippen LogP) is -0.319. The summed E-state index contributed by atoms with van der Waals surface area (Å²) in [4.78, 5) is 2.01. The summed E-state index contributed by atoms with van der Waals surface area (Å²) in [6, 6.07) is 0. The zero-order valence-corrected chi connectivity index (χ0v) is 6.75. The summed E-state index contributed by atoms with van der Waals surface area (Å²) in [5.41, 5.74) is 0. The van der Waals surface area contributed by atoms with Crippen molar-refractivity contribution < 1.29 is 10.2 Å². The Hall–Kier alpha value is -0.120. The molecule has 1 unspecified atom stereocenters. The first kappa shape index (κ1) is 9.88. The van der Waals surface area contributed by atoms with Crippen molar-refractivity contribution in [3.05, 3.63) is 0 Å². The van der Waals surface area contributed by atoms with E-state index in [-0.39, 0.29) is 12.7 Å². The summed E-state index contributed by atoms with van der Waals surface area (Å²) >= 11 is 0. The molecule has 0 spiro atoms. The molecule has 62 valence electrons. The highest BCUT2D eigenvalue weighted by atomic mass is 16.3. The van der Waals surface area contributed by atoms with Crippen LogP contribution in [0.15, 0.2) is 0 Å². The van der Waals surface area contributed by atoms with Gasteiger partial charge in [-0.25, -0.2) is 0 Å². The van der Waals surface area contributed by atoms with Crippen LogP contribution in [0, 0.1) is 0 Å². The zero-order valence-electron chi connectivity index (χ0n) is 6.75. The molecule has 0 aliphatic heterocycles. The minimum absolute atomic E-state index is 0.0780. The van der Waals surface area contributed by atoms with E-state index in [0.29, 0.717) is 6.42 Å². The Morgan fingerprint density at radius 2 is 1.90 bits per heavy atom. The molecule has 0 rings (SSSR count). The lowest BCUT2D eigenvalue weighted by atomic mass is 10.2. The third-order valence-electron chi connectivity index (χ3n) is 1.37. The Bertz CT molecular complexity index is 76.0. The van der Waals surface area contributed by atoms with E-state index in [1.54, 1.807) is 0 Å². The number of aliphatic hydroxyl groups excluding tert-OH is 2. The highest BCUT2D eigenvalue weighted by molar-refractivity contribution is 4.56. The molecule has 0 bridgehead atoms.